The summed E-state index contributed by atoms with van der Waals surface area (Å²) >= 11 is 0. The van der Waals surface area contributed by atoms with Gasteiger partial charge in [0.05, 0.1) is 6.54 Å². The molecule has 5 nitrogen and oxygen atoms in total. The number of rotatable bonds is 2. The van der Waals surface area contributed by atoms with Crippen molar-refractivity contribution in [2.45, 2.75) is 18.4 Å². The minimum Gasteiger partial charge on any atom is -0.266 e. The van der Waals surface area contributed by atoms with E-state index < -0.39 is 15.9 Å². The Morgan fingerprint density at radius 3 is 2.60 bits per heavy atom. The molecular weight excluding hydrogens is 276 g/mol. The number of amides is 1. The van der Waals surface area contributed by atoms with Gasteiger partial charge in [0.2, 0.25) is 0 Å². The first-order valence-electron chi connectivity index (χ1n) is 6.08. The van der Waals surface area contributed by atoms with Crippen molar-refractivity contribution in [2.24, 2.45) is 0 Å². The zero-order valence-corrected chi connectivity index (χ0v) is 11.6. The number of carbonyl (C=O) groups is 1. The zero-order valence-electron chi connectivity index (χ0n) is 10.8. The summed E-state index contributed by atoms with van der Waals surface area (Å²) in [4.78, 5) is 16.2. The SMILES string of the molecule is Cc1cnc2c(c1)S(=O)(=O)N(Cc1ccccc1)C2=O. The number of aryl methyl sites for hydroxylation is 1. The Balaban J connectivity index is 2.06. The van der Waals surface area contributed by atoms with Crippen LogP contribution in [0.1, 0.15) is 21.6 Å². The number of aromatic nitrogens is 1. The summed E-state index contributed by atoms with van der Waals surface area (Å²) in [5.74, 6) is -0.566. The summed E-state index contributed by atoms with van der Waals surface area (Å²) in [7, 11) is -3.79. The third-order valence-electron chi connectivity index (χ3n) is 3.16. The van der Waals surface area contributed by atoms with Gasteiger partial charge in [0.25, 0.3) is 15.9 Å². The van der Waals surface area contributed by atoms with E-state index in [-0.39, 0.29) is 17.1 Å². The number of fused-ring (bicyclic) bond motifs is 1. The van der Waals surface area contributed by atoms with E-state index in [1.165, 1.54) is 12.3 Å². The maximum absolute atomic E-state index is 12.4. The van der Waals surface area contributed by atoms with Gasteiger partial charge in [0.15, 0.2) is 0 Å². The van der Waals surface area contributed by atoms with Gasteiger partial charge in [-0.3, -0.25) is 4.79 Å². The van der Waals surface area contributed by atoms with Gasteiger partial charge in [-0.25, -0.2) is 17.7 Å². The van der Waals surface area contributed by atoms with E-state index in [0.29, 0.717) is 5.56 Å². The van der Waals surface area contributed by atoms with Crippen molar-refractivity contribution in [1.82, 2.24) is 9.29 Å². The van der Waals surface area contributed by atoms with E-state index in [9.17, 15) is 13.2 Å². The second kappa shape index (κ2) is 4.42. The van der Waals surface area contributed by atoms with Gasteiger partial charge in [-0.15, -0.1) is 0 Å². The highest BCUT2D eigenvalue weighted by Gasteiger charge is 2.42. The van der Waals surface area contributed by atoms with E-state index in [1.807, 2.05) is 6.07 Å². The summed E-state index contributed by atoms with van der Waals surface area (Å²) in [6.45, 7) is 1.77. The molecule has 0 spiro atoms. The van der Waals surface area contributed by atoms with Crippen molar-refractivity contribution in [3.63, 3.8) is 0 Å². The van der Waals surface area contributed by atoms with Crippen LogP contribution in [0.25, 0.3) is 0 Å². The summed E-state index contributed by atoms with van der Waals surface area (Å²) in [6, 6.07) is 10.5. The molecular formula is C14H12N2O3S. The Kier molecular flexibility index (Phi) is 2.83. The van der Waals surface area contributed by atoms with E-state index in [4.69, 9.17) is 0 Å². The molecule has 0 saturated carbocycles. The molecule has 102 valence electrons. The molecule has 2 heterocycles. The minimum absolute atomic E-state index is 0.00145. The van der Waals surface area contributed by atoms with Crippen molar-refractivity contribution < 1.29 is 13.2 Å². The number of pyridine rings is 1. The molecule has 0 aliphatic carbocycles. The molecule has 2 aromatic rings. The highest BCUT2D eigenvalue weighted by atomic mass is 32.2. The van der Waals surface area contributed by atoms with Crippen LogP contribution >= 0.6 is 0 Å². The molecule has 0 bridgehead atoms. The molecule has 1 aliphatic rings. The lowest BCUT2D eigenvalue weighted by atomic mass is 10.2. The second-order valence-corrected chi connectivity index (χ2v) is 6.49. The molecule has 1 amide bonds. The van der Waals surface area contributed by atoms with Crippen LogP contribution in [-0.4, -0.2) is 23.6 Å². The predicted molar refractivity (Wildman–Crippen MR) is 72.5 cm³/mol. The molecule has 1 aromatic heterocycles. The van der Waals surface area contributed by atoms with Crippen LogP contribution in [0.4, 0.5) is 0 Å². The topological polar surface area (TPSA) is 67.3 Å². The number of benzene rings is 1. The minimum atomic E-state index is -3.79. The average Bonchev–Trinajstić information content (AvgIpc) is 2.61. The molecule has 0 unspecified atom stereocenters. The fraction of sp³-hybridized carbons (Fsp3) is 0.143. The summed E-state index contributed by atoms with van der Waals surface area (Å²) in [5.41, 5.74) is 1.47. The summed E-state index contributed by atoms with van der Waals surface area (Å²) in [6.07, 6.45) is 1.50. The summed E-state index contributed by atoms with van der Waals surface area (Å²) in [5, 5.41) is 0. The number of nitrogens with zero attached hydrogens (tertiary/aromatic N) is 2. The Hall–Kier alpha value is -2.21. The Labute approximate surface area is 116 Å². The van der Waals surface area contributed by atoms with Crippen LogP contribution in [0.15, 0.2) is 47.5 Å². The van der Waals surface area contributed by atoms with Crippen molar-refractivity contribution in [3.05, 3.63) is 59.4 Å². The number of carbonyl (C=O) groups excluding carboxylic acids is 1. The monoisotopic (exact) mass is 288 g/mol. The van der Waals surface area contributed by atoms with Crippen LogP contribution in [-0.2, 0) is 16.6 Å². The molecule has 0 radical (unpaired) electrons. The number of hydrogen-bond donors (Lipinski definition) is 0. The van der Waals surface area contributed by atoms with Crippen LogP contribution in [0, 0.1) is 6.92 Å². The normalized spacial score (nSPS) is 16.2. The number of hydrogen-bond acceptors (Lipinski definition) is 4. The van der Waals surface area contributed by atoms with Crippen LogP contribution in [0.3, 0.4) is 0 Å². The molecule has 20 heavy (non-hydrogen) atoms. The molecule has 0 atom stereocenters. The Morgan fingerprint density at radius 2 is 1.90 bits per heavy atom. The third-order valence-corrected chi connectivity index (χ3v) is 4.90. The van der Waals surface area contributed by atoms with Crippen molar-refractivity contribution >= 4 is 15.9 Å². The van der Waals surface area contributed by atoms with Crippen molar-refractivity contribution in [3.8, 4) is 0 Å². The van der Waals surface area contributed by atoms with Crippen molar-refractivity contribution in [1.29, 1.82) is 0 Å². The highest BCUT2D eigenvalue weighted by molar-refractivity contribution is 7.90. The van der Waals surface area contributed by atoms with Gasteiger partial charge in [-0.1, -0.05) is 30.3 Å². The van der Waals surface area contributed by atoms with Gasteiger partial charge < -0.3 is 0 Å². The lowest BCUT2D eigenvalue weighted by Gasteiger charge is -2.14. The largest absolute Gasteiger partial charge is 0.287 e. The molecule has 6 heteroatoms. The van der Waals surface area contributed by atoms with E-state index in [2.05, 4.69) is 4.98 Å². The van der Waals surface area contributed by atoms with Gasteiger partial charge in [0.1, 0.15) is 10.6 Å². The van der Waals surface area contributed by atoms with Gasteiger partial charge >= 0.3 is 0 Å². The van der Waals surface area contributed by atoms with Crippen LogP contribution in [0.5, 0.6) is 0 Å². The lowest BCUT2D eigenvalue weighted by molar-refractivity contribution is 0.0860. The van der Waals surface area contributed by atoms with E-state index in [1.54, 1.807) is 31.2 Å². The number of sulfonamides is 1. The van der Waals surface area contributed by atoms with Gasteiger partial charge in [-0.2, -0.15) is 0 Å². The molecule has 0 saturated heterocycles. The smallest absolute Gasteiger partial charge is 0.266 e. The van der Waals surface area contributed by atoms with Gasteiger partial charge in [0, 0.05) is 6.20 Å². The Morgan fingerprint density at radius 1 is 1.20 bits per heavy atom. The standard InChI is InChI=1S/C14H12N2O3S/c1-10-7-12-13(15-8-10)14(17)16(20(12,18)19)9-11-5-3-2-4-6-11/h2-8H,9H2,1H3. The van der Waals surface area contributed by atoms with E-state index in [0.717, 1.165) is 9.87 Å². The van der Waals surface area contributed by atoms with E-state index >= 15 is 0 Å². The average molecular weight is 288 g/mol. The zero-order chi connectivity index (χ0) is 14.3. The first-order chi connectivity index (χ1) is 9.50. The maximum Gasteiger partial charge on any atom is 0.287 e. The fourth-order valence-electron chi connectivity index (χ4n) is 2.15. The van der Waals surface area contributed by atoms with Crippen LogP contribution in [0.2, 0.25) is 0 Å². The first-order valence-corrected chi connectivity index (χ1v) is 7.52. The summed E-state index contributed by atoms with van der Waals surface area (Å²) < 4.78 is 25.7. The molecule has 3 rings (SSSR count). The fourth-order valence-corrected chi connectivity index (χ4v) is 3.73. The second-order valence-electron chi connectivity index (χ2n) is 4.66. The molecule has 1 aliphatic heterocycles. The third kappa shape index (κ3) is 1.89. The predicted octanol–water partition coefficient (Wildman–Crippen LogP) is 1.73. The molecule has 0 N–H and O–H groups in total. The first kappa shape index (κ1) is 12.8. The maximum atomic E-state index is 12.4. The highest BCUT2D eigenvalue weighted by Crippen LogP contribution is 2.30. The lowest BCUT2D eigenvalue weighted by Crippen LogP contribution is -2.29. The van der Waals surface area contributed by atoms with Crippen LogP contribution < -0.4 is 0 Å². The molecule has 1 aromatic carbocycles. The van der Waals surface area contributed by atoms with Crippen molar-refractivity contribution in [2.75, 3.05) is 0 Å². The Bertz CT molecular complexity index is 785. The van der Waals surface area contributed by atoms with Gasteiger partial charge in [-0.05, 0) is 24.1 Å². The molecule has 0 fully saturated rings. The quantitative estimate of drug-likeness (QED) is 0.844.